The van der Waals surface area contributed by atoms with Crippen LogP contribution in [0.2, 0.25) is 0 Å². The van der Waals surface area contributed by atoms with Gasteiger partial charge in [-0.3, -0.25) is 4.79 Å². The lowest BCUT2D eigenvalue weighted by molar-refractivity contribution is -0.138. The summed E-state index contributed by atoms with van der Waals surface area (Å²) in [6.07, 6.45) is 3.81. The number of hydrogen-bond acceptors (Lipinski definition) is 2. The van der Waals surface area contributed by atoms with E-state index in [0.29, 0.717) is 5.92 Å². The third-order valence-corrected chi connectivity index (χ3v) is 3.80. The van der Waals surface area contributed by atoms with Crippen LogP contribution < -0.4 is 5.32 Å². The Morgan fingerprint density at radius 1 is 1.39 bits per heavy atom. The van der Waals surface area contributed by atoms with Crippen LogP contribution >= 0.6 is 0 Å². The number of carboxylic acid groups (broad SMARTS) is 1. The molecule has 1 fully saturated rings. The summed E-state index contributed by atoms with van der Waals surface area (Å²) >= 11 is 0. The van der Waals surface area contributed by atoms with Crippen molar-refractivity contribution in [1.82, 2.24) is 5.32 Å². The van der Waals surface area contributed by atoms with Crippen LogP contribution in [0.15, 0.2) is 24.3 Å². The number of aliphatic carboxylic acids is 1. The molecule has 0 heterocycles. The van der Waals surface area contributed by atoms with Crippen molar-refractivity contribution < 1.29 is 9.90 Å². The molecule has 3 heteroatoms. The first-order valence-corrected chi connectivity index (χ1v) is 6.66. The van der Waals surface area contributed by atoms with Crippen molar-refractivity contribution in [3.05, 3.63) is 35.4 Å². The zero-order chi connectivity index (χ0) is 13.0. The van der Waals surface area contributed by atoms with Crippen molar-refractivity contribution in [3.8, 4) is 0 Å². The Kier molecular flexibility index (Phi) is 4.37. The highest BCUT2D eigenvalue weighted by molar-refractivity contribution is 5.67. The van der Waals surface area contributed by atoms with Crippen LogP contribution in [0, 0.1) is 12.8 Å². The van der Waals surface area contributed by atoms with Gasteiger partial charge in [0, 0.05) is 12.6 Å². The van der Waals surface area contributed by atoms with Gasteiger partial charge in [0.25, 0.3) is 0 Å². The summed E-state index contributed by atoms with van der Waals surface area (Å²) in [6, 6.07) is 8.50. The van der Waals surface area contributed by atoms with Crippen molar-refractivity contribution in [3.63, 3.8) is 0 Å². The fourth-order valence-corrected chi connectivity index (χ4v) is 2.39. The first kappa shape index (κ1) is 13.1. The lowest BCUT2D eigenvalue weighted by Crippen LogP contribution is -2.40. The molecule has 0 saturated heterocycles. The van der Waals surface area contributed by atoms with E-state index in [4.69, 9.17) is 5.11 Å². The Morgan fingerprint density at radius 2 is 2.06 bits per heavy atom. The predicted octanol–water partition coefficient (Wildman–Crippen LogP) is 2.73. The van der Waals surface area contributed by atoms with Gasteiger partial charge >= 0.3 is 5.97 Å². The van der Waals surface area contributed by atoms with Gasteiger partial charge in [-0.1, -0.05) is 36.2 Å². The Hall–Kier alpha value is -1.35. The van der Waals surface area contributed by atoms with Gasteiger partial charge in [-0.2, -0.15) is 0 Å². The molecule has 0 bridgehead atoms. The highest BCUT2D eigenvalue weighted by Gasteiger charge is 2.28. The van der Waals surface area contributed by atoms with Crippen molar-refractivity contribution in [2.45, 2.75) is 45.2 Å². The van der Waals surface area contributed by atoms with Gasteiger partial charge in [0.05, 0.1) is 6.42 Å². The van der Waals surface area contributed by atoms with E-state index >= 15 is 0 Å². The minimum Gasteiger partial charge on any atom is -0.481 e. The van der Waals surface area contributed by atoms with Crippen molar-refractivity contribution in [1.29, 1.82) is 0 Å². The highest BCUT2D eigenvalue weighted by Crippen LogP contribution is 2.31. The van der Waals surface area contributed by atoms with Crippen LogP contribution in [0.1, 0.15) is 36.8 Å². The number of benzene rings is 1. The van der Waals surface area contributed by atoms with E-state index in [9.17, 15) is 4.79 Å². The standard InChI is InChI=1S/C15H21NO2/c1-11-5-7-12(8-6-11)10-16-14(9-15(17)18)13-3-2-4-13/h5-8,13-14,16H,2-4,9-10H2,1H3,(H,17,18). The quantitative estimate of drug-likeness (QED) is 0.812. The molecule has 0 amide bonds. The van der Waals surface area contributed by atoms with Crippen LogP contribution in [-0.4, -0.2) is 17.1 Å². The van der Waals surface area contributed by atoms with Gasteiger partial charge in [0.15, 0.2) is 0 Å². The minimum absolute atomic E-state index is 0.123. The van der Waals surface area contributed by atoms with Crippen LogP contribution in [0.3, 0.4) is 0 Å². The fourth-order valence-electron chi connectivity index (χ4n) is 2.39. The van der Waals surface area contributed by atoms with Crippen LogP contribution in [0.4, 0.5) is 0 Å². The van der Waals surface area contributed by atoms with E-state index in [2.05, 4.69) is 36.5 Å². The molecule has 0 aliphatic heterocycles. The van der Waals surface area contributed by atoms with Gasteiger partial charge in [-0.15, -0.1) is 0 Å². The number of hydrogen-bond donors (Lipinski definition) is 2. The number of rotatable bonds is 6. The number of carboxylic acids is 1. The van der Waals surface area contributed by atoms with Gasteiger partial charge in [-0.25, -0.2) is 0 Å². The molecular formula is C15H21NO2. The Bertz CT molecular complexity index is 395. The van der Waals surface area contributed by atoms with Crippen molar-refractivity contribution in [2.24, 2.45) is 5.92 Å². The molecule has 0 aromatic heterocycles. The maximum atomic E-state index is 10.9. The van der Waals surface area contributed by atoms with Crippen molar-refractivity contribution >= 4 is 5.97 Å². The van der Waals surface area contributed by atoms with Gasteiger partial charge in [0.1, 0.15) is 0 Å². The molecule has 18 heavy (non-hydrogen) atoms. The first-order valence-electron chi connectivity index (χ1n) is 6.66. The summed E-state index contributed by atoms with van der Waals surface area (Å²) < 4.78 is 0. The van der Waals surface area contributed by atoms with E-state index in [1.807, 2.05) is 0 Å². The number of nitrogens with one attached hydrogen (secondary N) is 1. The largest absolute Gasteiger partial charge is 0.481 e. The smallest absolute Gasteiger partial charge is 0.304 e. The topological polar surface area (TPSA) is 49.3 Å². The SMILES string of the molecule is Cc1ccc(CNC(CC(=O)O)C2CCC2)cc1. The summed E-state index contributed by atoms with van der Waals surface area (Å²) in [5.74, 6) is -0.158. The molecule has 1 aromatic carbocycles. The molecule has 1 aliphatic rings. The first-order chi connectivity index (χ1) is 8.65. The van der Waals surface area contributed by atoms with E-state index in [0.717, 1.165) is 6.54 Å². The van der Waals surface area contributed by atoms with E-state index in [1.54, 1.807) is 0 Å². The maximum absolute atomic E-state index is 10.9. The van der Waals surface area contributed by atoms with Crippen LogP contribution in [0.25, 0.3) is 0 Å². The molecule has 2 rings (SSSR count). The Balaban J connectivity index is 1.88. The zero-order valence-electron chi connectivity index (χ0n) is 10.9. The summed E-state index contributed by atoms with van der Waals surface area (Å²) in [5.41, 5.74) is 2.47. The molecule has 1 atom stereocenters. The monoisotopic (exact) mass is 247 g/mol. The zero-order valence-corrected chi connectivity index (χ0v) is 10.9. The van der Waals surface area contributed by atoms with Gasteiger partial charge < -0.3 is 10.4 Å². The third kappa shape index (κ3) is 3.57. The summed E-state index contributed by atoms with van der Waals surface area (Å²) in [6.45, 7) is 2.83. The lowest BCUT2D eigenvalue weighted by Gasteiger charge is -2.33. The average Bonchev–Trinajstić information content (AvgIpc) is 2.25. The normalized spacial score (nSPS) is 17.2. The van der Waals surface area contributed by atoms with Crippen LogP contribution in [0.5, 0.6) is 0 Å². The minimum atomic E-state index is -0.705. The molecular weight excluding hydrogens is 226 g/mol. The molecule has 98 valence electrons. The molecule has 1 aromatic rings. The number of carbonyl (C=O) groups is 1. The van der Waals surface area contributed by atoms with Gasteiger partial charge in [-0.05, 0) is 31.2 Å². The number of aryl methyl sites for hydroxylation is 1. The lowest BCUT2D eigenvalue weighted by atomic mass is 9.78. The second-order valence-electron chi connectivity index (χ2n) is 5.26. The maximum Gasteiger partial charge on any atom is 0.304 e. The van der Waals surface area contributed by atoms with E-state index in [-0.39, 0.29) is 12.5 Å². The highest BCUT2D eigenvalue weighted by atomic mass is 16.4. The third-order valence-electron chi connectivity index (χ3n) is 3.80. The molecule has 2 N–H and O–H groups in total. The fraction of sp³-hybridized carbons (Fsp3) is 0.533. The summed E-state index contributed by atoms with van der Waals surface area (Å²) in [5, 5.41) is 12.4. The molecule has 1 aliphatic carbocycles. The second kappa shape index (κ2) is 6.01. The second-order valence-corrected chi connectivity index (χ2v) is 5.26. The Morgan fingerprint density at radius 3 is 2.56 bits per heavy atom. The molecule has 3 nitrogen and oxygen atoms in total. The van der Waals surface area contributed by atoms with E-state index in [1.165, 1.54) is 30.4 Å². The molecule has 0 radical (unpaired) electrons. The average molecular weight is 247 g/mol. The predicted molar refractivity (Wildman–Crippen MR) is 71.4 cm³/mol. The summed E-state index contributed by atoms with van der Waals surface area (Å²) in [4.78, 5) is 10.9. The molecule has 0 spiro atoms. The summed E-state index contributed by atoms with van der Waals surface area (Å²) in [7, 11) is 0. The van der Waals surface area contributed by atoms with E-state index < -0.39 is 5.97 Å². The van der Waals surface area contributed by atoms with Gasteiger partial charge in [0.2, 0.25) is 0 Å². The molecule has 1 unspecified atom stereocenters. The Labute approximate surface area is 108 Å². The van der Waals surface area contributed by atoms with Crippen LogP contribution in [-0.2, 0) is 11.3 Å². The molecule has 1 saturated carbocycles. The van der Waals surface area contributed by atoms with Crippen molar-refractivity contribution in [2.75, 3.05) is 0 Å².